The maximum atomic E-state index is 13.3. The van der Waals surface area contributed by atoms with Gasteiger partial charge >= 0.3 is 18.2 Å². The number of hydrazine groups is 2. The number of carboxylic acids is 1. The molecule has 0 saturated carbocycles. The molecule has 95 heavy (non-hydrogen) atoms. The number of methoxy groups -OCH3 is 2. The fraction of sp³-hybridized carbons (Fsp3) is 0.233. The number of carbonyl (C=O) groups excluding carboxylic acids is 5. The third-order valence-corrected chi connectivity index (χ3v) is 14.6. The van der Waals surface area contributed by atoms with Gasteiger partial charge in [-0.15, -0.1) is 10.6 Å². The topological polar surface area (TPSA) is 419 Å². The van der Waals surface area contributed by atoms with Gasteiger partial charge in [-0.1, -0.05) is 70.7 Å². The third kappa shape index (κ3) is 20.9. The molecule has 2 atom stereocenters. The van der Waals surface area contributed by atoms with Crippen LogP contribution in [0.2, 0.25) is 20.4 Å². The number of aliphatic carboxylic acids is 1. The summed E-state index contributed by atoms with van der Waals surface area (Å²) < 4.78 is 10.7. The lowest BCUT2D eigenvalue weighted by Gasteiger charge is -2.19. The van der Waals surface area contributed by atoms with Crippen molar-refractivity contribution in [2.45, 2.75) is 77.5 Å². The SMILES string of the molecule is COC(=O)Nc1ccc(-c2nc([C@H](CC(=O)NCc3cnc(C)cn3)NC(=O)CCc3cc(Cl)ccc3-n3cnnn3)[nH]c2Cl)cc1.COC(=O)Nc1ccc(-c2nc([C@H](CC(=O)O)NC(=O)CCc3cc(Cl)ccc3N3C=NNN3)[nH]c2Cl)cc1.Cc1cnc(CN)cn1. The minimum absolute atomic E-state index is 0.0534. The number of ether oxygens (including phenoxy) is 2. The van der Waals surface area contributed by atoms with Gasteiger partial charge in [-0.3, -0.25) is 49.7 Å². The van der Waals surface area contributed by atoms with Gasteiger partial charge in [-0.05, 0) is 109 Å². The Hall–Kier alpha value is -10.7. The average molecular weight is 1380 g/mol. The van der Waals surface area contributed by atoms with E-state index in [1.54, 1.807) is 115 Å². The van der Waals surface area contributed by atoms with Crippen LogP contribution in [0.25, 0.3) is 28.2 Å². The van der Waals surface area contributed by atoms with E-state index in [2.05, 4.69) is 108 Å². The number of tetrazole rings is 1. The third-order valence-electron chi connectivity index (χ3n) is 13.6. The summed E-state index contributed by atoms with van der Waals surface area (Å²) in [6, 6.07) is 22.0. The summed E-state index contributed by atoms with van der Waals surface area (Å²) in [5.74, 6) is -1.76. The van der Waals surface area contributed by atoms with Gasteiger partial charge in [0.05, 0.1) is 86.0 Å². The summed E-state index contributed by atoms with van der Waals surface area (Å²) in [6.45, 7) is 4.33. The van der Waals surface area contributed by atoms with Crippen molar-refractivity contribution in [3.63, 3.8) is 0 Å². The number of carboxylic acid groups (broad SMARTS) is 1. The fourth-order valence-corrected chi connectivity index (χ4v) is 9.77. The van der Waals surface area contributed by atoms with Gasteiger partial charge in [0.15, 0.2) is 0 Å². The predicted octanol–water partition coefficient (Wildman–Crippen LogP) is 7.98. The normalized spacial score (nSPS) is 11.9. The first kappa shape index (κ1) is 70.2. The highest BCUT2D eigenvalue weighted by Gasteiger charge is 2.27. The highest BCUT2D eigenvalue weighted by Crippen LogP contribution is 2.32. The molecule has 4 aromatic carbocycles. The van der Waals surface area contributed by atoms with Crippen molar-refractivity contribution in [3.05, 3.63) is 182 Å². The quantitative estimate of drug-likeness (QED) is 0.0289. The molecule has 9 aromatic rings. The zero-order chi connectivity index (χ0) is 68.0. The fourth-order valence-electron chi connectivity index (χ4n) is 8.89. The average Bonchev–Trinajstić information content (AvgIpc) is 1.72. The van der Waals surface area contributed by atoms with Crippen LogP contribution in [0.15, 0.2) is 121 Å². The number of hydrogen-bond acceptors (Lipinski definition) is 22. The molecule has 0 radical (unpaired) electrons. The van der Waals surface area contributed by atoms with Crippen molar-refractivity contribution in [1.82, 2.24) is 87.1 Å². The minimum atomic E-state index is -1.13. The zero-order valence-corrected chi connectivity index (χ0v) is 54.1. The molecule has 10 rings (SSSR count). The van der Waals surface area contributed by atoms with E-state index in [4.69, 9.17) is 52.1 Å². The Morgan fingerprint density at radius 3 is 1.59 bits per heavy atom. The molecular formula is C60H62Cl4N22O9. The molecule has 0 fully saturated rings. The number of rotatable bonds is 23. The van der Waals surface area contributed by atoms with Crippen LogP contribution in [0.1, 0.15) is 83.3 Å². The van der Waals surface area contributed by atoms with Crippen LogP contribution in [0.5, 0.6) is 0 Å². The van der Waals surface area contributed by atoms with Crippen LogP contribution in [-0.2, 0) is 54.6 Å². The number of anilines is 3. The van der Waals surface area contributed by atoms with Crippen LogP contribution in [0.3, 0.4) is 0 Å². The molecule has 0 bridgehead atoms. The Bertz CT molecular complexity index is 4130. The largest absolute Gasteiger partial charge is 0.481 e. The maximum Gasteiger partial charge on any atom is 0.411 e. The Morgan fingerprint density at radius 1 is 0.632 bits per heavy atom. The van der Waals surface area contributed by atoms with Crippen LogP contribution in [-0.4, -0.2) is 122 Å². The van der Waals surface area contributed by atoms with Gasteiger partial charge in [0.2, 0.25) is 17.7 Å². The Labute approximate surface area is 561 Å². The van der Waals surface area contributed by atoms with E-state index in [1.807, 2.05) is 13.8 Å². The molecule has 6 heterocycles. The van der Waals surface area contributed by atoms with Gasteiger partial charge in [-0.2, -0.15) is 5.10 Å². The van der Waals surface area contributed by atoms with Gasteiger partial charge in [0.25, 0.3) is 0 Å². The first-order chi connectivity index (χ1) is 45.7. The lowest BCUT2D eigenvalue weighted by Crippen LogP contribution is -2.37. The van der Waals surface area contributed by atoms with Gasteiger partial charge in [0, 0.05) is 70.5 Å². The lowest BCUT2D eigenvalue weighted by molar-refractivity contribution is -0.138. The van der Waals surface area contributed by atoms with E-state index in [1.165, 1.54) is 31.6 Å². The molecule has 35 heteroatoms. The van der Waals surface area contributed by atoms with Crippen molar-refractivity contribution >= 4 is 106 Å². The van der Waals surface area contributed by atoms with E-state index >= 15 is 0 Å². The van der Waals surface area contributed by atoms with Crippen LogP contribution < -0.4 is 48.4 Å². The summed E-state index contributed by atoms with van der Waals surface area (Å²) in [7, 11) is 2.53. The maximum absolute atomic E-state index is 13.3. The molecule has 494 valence electrons. The van der Waals surface area contributed by atoms with E-state index in [-0.39, 0.29) is 65.5 Å². The summed E-state index contributed by atoms with van der Waals surface area (Å²) >= 11 is 25.3. The number of aryl methyl sites for hydroxylation is 4. The summed E-state index contributed by atoms with van der Waals surface area (Å²) in [4.78, 5) is 105. The van der Waals surface area contributed by atoms with E-state index in [0.29, 0.717) is 74.7 Å². The van der Waals surface area contributed by atoms with Crippen LogP contribution in [0.4, 0.5) is 26.7 Å². The number of imidazole rings is 2. The highest BCUT2D eigenvalue weighted by molar-refractivity contribution is 6.32. The monoisotopic (exact) mass is 1370 g/mol. The molecular weight excluding hydrogens is 1310 g/mol. The zero-order valence-electron chi connectivity index (χ0n) is 51.0. The number of aromatic nitrogens is 12. The number of hydrazone groups is 1. The van der Waals surface area contributed by atoms with E-state index in [9.17, 15) is 33.9 Å². The first-order valence-electron chi connectivity index (χ1n) is 28.6. The van der Waals surface area contributed by atoms with Crippen LogP contribution >= 0.6 is 46.4 Å². The molecule has 1 aliphatic heterocycles. The number of benzene rings is 4. The molecule has 31 nitrogen and oxygen atoms in total. The number of halogens is 4. The Balaban J connectivity index is 0.000000217. The molecule has 0 aliphatic carbocycles. The molecule has 0 saturated heterocycles. The van der Waals surface area contributed by atoms with Gasteiger partial charge in [-0.25, -0.2) is 34.8 Å². The number of hydrogen-bond donors (Lipinski definition) is 11. The number of H-pyrrole nitrogens is 2. The summed E-state index contributed by atoms with van der Waals surface area (Å²) in [5, 5.41) is 41.2. The first-order valence-corrected chi connectivity index (χ1v) is 30.1. The smallest absolute Gasteiger partial charge is 0.411 e. The lowest BCUT2D eigenvalue weighted by atomic mass is 10.1. The van der Waals surface area contributed by atoms with Crippen molar-refractivity contribution in [3.8, 4) is 28.2 Å². The standard InChI is InChI=1S/C30H29Cl2N11O4.C24H24Cl2N8O5.C6H9N3/c1-17-13-34-22(14-33-17)15-35-26(45)12-23(29-39-27(28(32)40-29)18-3-7-21(8-4-18)37-30(46)47-2)38-25(44)10-5-19-11-20(31)6-9-24(19)43-16-36-41-42-43;1-39-24(38)28-16-6-2-13(3-7-16)21-22(26)31-23(30-21)17(11-20(36)37)29-19(35)9-4-14-10-15(25)5-8-18(14)34-12-27-32-33-34;1-5-3-9-6(2-7)4-8-5/h3-4,6-9,11,13-14,16,23H,5,10,12,15H2,1-2H3,(H,35,45)(H,37,46)(H,38,44)(H,39,40);2-3,5-8,10,12,17,32-33H,4,9,11H2,1H3,(H,28,38)(H,29,35)(H,30,31)(H,36,37);3-4H,2,7H2,1H3/t23-;17-;/m00./s1. The predicted molar refractivity (Wildman–Crippen MR) is 352 cm³/mol. The highest BCUT2D eigenvalue weighted by atomic mass is 35.5. The molecule has 12 N–H and O–H groups in total. The second kappa shape index (κ2) is 34.3. The van der Waals surface area contributed by atoms with Crippen molar-refractivity contribution in [2.24, 2.45) is 10.8 Å². The number of amides is 5. The minimum Gasteiger partial charge on any atom is -0.481 e. The van der Waals surface area contributed by atoms with E-state index in [0.717, 1.165) is 33.9 Å². The number of aromatic amines is 2. The Morgan fingerprint density at radius 2 is 1.14 bits per heavy atom. The number of nitrogens with one attached hydrogen (secondary N) is 9. The number of nitrogens with zero attached hydrogens (tertiary/aromatic N) is 12. The molecule has 5 aromatic heterocycles. The molecule has 1 aliphatic rings. The van der Waals surface area contributed by atoms with Crippen LogP contribution in [0, 0.1) is 13.8 Å². The number of nitrogens with two attached hydrogens (primary N) is 1. The number of carbonyl (C=O) groups is 6. The molecule has 0 unspecified atom stereocenters. The summed E-state index contributed by atoms with van der Waals surface area (Å²) in [5.41, 5.74) is 19.8. The molecule has 0 spiro atoms. The second-order valence-corrected chi connectivity index (χ2v) is 22.0. The Kier molecular flexibility index (Phi) is 25.3. The van der Waals surface area contributed by atoms with Crippen molar-refractivity contribution in [1.29, 1.82) is 0 Å². The second-order valence-electron chi connectivity index (χ2n) is 20.4. The molecule has 5 amide bonds. The summed E-state index contributed by atoms with van der Waals surface area (Å²) in [6.07, 6.45) is 8.54. The van der Waals surface area contributed by atoms with Crippen molar-refractivity contribution < 1.29 is 43.3 Å². The van der Waals surface area contributed by atoms with E-state index < -0.39 is 36.7 Å². The van der Waals surface area contributed by atoms with Gasteiger partial charge < -0.3 is 46.2 Å². The van der Waals surface area contributed by atoms with Crippen molar-refractivity contribution in [2.75, 3.05) is 29.9 Å². The van der Waals surface area contributed by atoms with Gasteiger partial charge in [0.1, 0.15) is 46.0 Å².